The van der Waals surface area contributed by atoms with E-state index in [1.807, 2.05) is 0 Å². The summed E-state index contributed by atoms with van der Waals surface area (Å²) in [4.78, 5) is 11.5. The molecule has 0 aromatic heterocycles. The van der Waals surface area contributed by atoms with E-state index in [-0.39, 0.29) is 30.3 Å². The first-order valence-electron chi connectivity index (χ1n) is 8.13. The zero-order chi connectivity index (χ0) is 19.2. The predicted molar refractivity (Wildman–Crippen MR) is 94.9 cm³/mol. The Morgan fingerprint density at radius 3 is 1.96 bits per heavy atom. The van der Waals surface area contributed by atoms with Gasteiger partial charge >= 0.3 is 5.97 Å². The normalized spacial score (nSPS) is 10.4. The number of carbonyl (C=O) groups is 1. The molecule has 0 heterocycles. The zero-order valence-corrected chi connectivity index (χ0v) is 14.2. The van der Waals surface area contributed by atoms with Gasteiger partial charge in [-0.1, -0.05) is 24.3 Å². The average Bonchev–Trinajstić information content (AvgIpc) is 2.65. The number of halogens is 2. The minimum absolute atomic E-state index is 0.0293. The number of rotatable bonds is 7. The number of ether oxygens (including phenoxy) is 2. The molecule has 0 aliphatic carbocycles. The molecule has 138 valence electrons. The Morgan fingerprint density at radius 1 is 0.815 bits per heavy atom. The van der Waals surface area contributed by atoms with E-state index < -0.39 is 11.8 Å². The third-order valence-electron chi connectivity index (χ3n) is 3.76. The van der Waals surface area contributed by atoms with E-state index in [0.29, 0.717) is 16.9 Å². The van der Waals surface area contributed by atoms with Gasteiger partial charge < -0.3 is 14.6 Å². The highest BCUT2D eigenvalue weighted by atomic mass is 19.1. The van der Waals surface area contributed by atoms with Gasteiger partial charge in [-0.05, 0) is 53.6 Å². The first-order chi connectivity index (χ1) is 13.0. The molecular formula is C21H16F2O4. The van der Waals surface area contributed by atoms with Crippen LogP contribution in [-0.4, -0.2) is 11.1 Å². The first-order valence-corrected chi connectivity index (χ1v) is 8.13. The molecule has 0 bridgehead atoms. The lowest BCUT2D eigenvalue weighted by molar-refractivity contribution is 0.0691. The molecule has 1 N–H and O–H groups in total. The third kappa shape index (κ3) is 5.04. The van der Waals surface area contributed by atoms with Crippen LogP contribution in [-0.2, 0) is 13.2 Å². The smallest absolute Gasteiger partial charge is 0.339 e. The molecule has 0 radical (unpaired) electrons. The van der Waals surface area contributed by atoms with Crippen LogP contribution < -0.4 is 9.47 Å². The minimum atomic E-state index is -1.18. The third-order valence-corrected chi connectivity index (χ3v) is 3.76. The van der Waals surface area contributed by atoms with Crippen molar-refractivity contribution >= 4 is 5.97 Å². The fraction of sp³-hybridized carbons (Fsp3) is 0.0952. The van der Waals surface area contributed by atoms with E-state index in [4.69, 9.17) is 9.47 Å². The molecule has 6 heteroatoms. The number of hydrogen-bond donors (Lipinski definition) is 1. The number of carboxylic acid groups (broad SMARTS) is 1. The van der Waals surface area contributed by atoms with Crippen molar-refractivity contribution in [3.05, 3.63) is 95.1 Å². The summed E-state index contributed by atoms with van der Waals surface area (Å²) >= 11 is 0. The average molecular weight is 370 g/mol. The summed E-state index contributed by atoms with van der Waals surface area (Å²) in [6.45, 7) is 0.127. The number of benzene rings is 3. The van der Waals surface area contributed by atoms with Crippen molar-refractivity contribution in [1.29, 1.82) is 0 Å². The molecule has 27 heavy (non-hydrogen) atoms. The fourth-order valence-electron chi connectivity index (χ4n) is 2.47. The van der Waals surface area contributed by atoms with E-state index in [2.05, 4.69) is 0 Å². The summed E-state index contributed by atoms with van der Waals surface area (Å²) in [5.74, 6) is -1.49. The lowest BCUT2D eigenvalue weighted by atomic mass is 10.2. The van der Waals surface area contributed by atoms with Crippen LogP contribution in [0, 0.1) is 11.6 Å². The summed E-state index contributed by atoms with van der Waals surface area (Å²) in [5.41, 5.74) is 1.12. The Labute approximate surface area is 154 Å². The Balaban J connectivity index is 1.71. The van der Waals surface area contributed by atoms with Crippen LogP contribution in [0.4, 0.5) is 8.78 Å². The molecule has 3 aromatic rings. The zero-order valence-electron chi connectivity index (χ0n) is 14.2. The molecule has 3 rings (SSSR count). The molecule has 0 saturated heterocycles. The highest BCUT2D eigenvalue weighted by Gasteiger charge is 2.13. The predicted octanol–water partition coefficient (Wildman–Crippen LogP) is 4.82. The van der Waals surface area contributed by atoms with Crippen LogP contribution in [0.15, 0.2) is 66.7 Å². The number of aromatic carboxylic acids is 1. The Kier molecular flexibility index (Phi) is 5.66. The Bertz CT molecular complexity index is 956. The summed E-state index contributed by atoms with van der Waals surface area (Å²) in [6, 6.07) is 16.2. The molecule has 0 aliphatic heterocycles. The van der Waals surface area contributed by atoms with Gasteiger partial charge in [-0.25, -0.2) is 13.6 Å². The lowest BCUT2D eigenvalue weighted by Crippen LogP contribution is -2.05. The summed E-state index contributed by atoms with van der Waals surface area (Å²) in [5, 5.41) is 9.41. The van der Waals surface area contributed by atoms with Crippen LogP contribution in [0.1, 0.15) is 21.5 Å². The molecule has 0 amide bonds. The largest absolute Gasteiger partial charge is 0.489 e. The van der Waals surface area contributed by atoms with Gasteiger partial charge in [0.25, 0.3) is 0 Å². The van der Waals surface area contributed by atoms with Crippen molar-refractivity contribution in [2.75, 3.05) is 0 Å². The second kappa shape index (κ2) is 8.31. The highest BCUT2D eigenvalue weighted by Crippen LogP contribution is 2.26. The van der Waals surface area contributed by atoms with Gasteiger partial charge in [0.1, 0.15) is 41.9 Å². The van der Waals surface area contributed by atoms with Crippen molar-refractivity contribution in [2.45, 2.75) is 13.2 Å². The Hall–Kier alpha value is -3.41. The molecule has 0 aliphatic rings. The Morgan fingerprint density at radius 2 is 1.41 bits per heavy atom. The van der Waals surface area contributed by atoms with Gasteiger partial charge in [-0.3, -0.25) is 0 Å². The first kappa shape index (κ1) is 18.4. The topological polar surface area (TPSA) is 55.8 Å². The molecule has 0 fully saturated rings. The van der Waals surface area contributed by atoms with Gasteiger partial charge in [0.2, 0.25) is 0 Å². The van der Waals surface area contributed by atoms with Gasteiger partial charge in [-0.2, -0.15) is 0 Å². The quantitative estimate of drug-likeness (QED) is 0.648. The summed E-state index contributed by atoms with van der Waals surface area (Å²) in [7, 11) is 0. The van der Waals surface area contributed by atoms with Crippen molar-refractivity contribution in [3.63, 3.8) is 0 Å². The lowest BCUT2D eigenvalue weighted by Gasteiger charge is -2.12. The fourth-order valence-corrected chi connectivity index (χ4v) is 2.47. The van der Waals surface area contributed by atoms with E-state index in [9.17, 15) is 18.7 Å². The summed E-state index contributed by atoms with van der Waals surface area (Å²) in [6.07, 6.45) is 0. The molecule has 0 atom stereocenters. The van der Waals surface area contributed by atoms with Crippen molar-refractivity contribution in [2.24, 2.45) is 0 Å². The molecule has 3 aromatic carbocycles. The van der Waals surface area contributed by atoms with Gasteiger partial charge in [0.05, 0.1) is 0 Å². The van der Waals surface area contributed by atoms with Gasteiger partial charge in [0, 0.05) is 0 Å². The van der Waals surface area contributed by atoms with Crippen LogP contribution in [0.3, 0.4) is 0 Å². The van der Waals surface area contributed by atoms with Gasteiger partial charge in [0.15, 0.2) is 0 Å². The van der Waals surface area contributed by atoms with E-state index in [0.717, 1.165) is 0 Å². The van der Waals surface area contributed by atoms with Crippen LogP contribution in [0.2, 0.25) is 0 Å². The molecule has 0 spiro atoms. The monoisotopic (exact) mass is 370 g/mol. The van der Waals surface area contributed by atoms with Crippen LogP contribution >= 0.6 is 0 Å². The van der Waals surface area contributed by atoms with Crippen LogP contribution in [0.5, 0.6) is 11.5 Å². The number of hydrogen-bond acceptors (Lipinski definition) is 3. The minimum Gasteiger partial charge on any atom is -0.489 e. The maximum atomic E-state index is 13.2. The second-order valence-corrected chi connectivity index (χ2v) is 5.80. The van der Waals surface area contributed by atoms with Crippen LogP contribution in [0.25, 0.3) is 0 Å². The number of carboxylic acids is 1. The molecule has 4 nitrogen and oxygen atoms in total. The molecule has 0 saturated carbocycles. The second-order valence-electron chi connectivity index (χ2n) is 5.80. The van der Waals surface area contributed by atoms with Gasteiger partial charge in [-0.15, -0.1) is 0 Å². The van der Waals surface area contributed by atoms with E-state index >= 15 is 0 Å². The maximum Gasteiger partial charge on any atom is 0.339 e. The van der Waals surface area contributed by atoms with E-state index in [1.165, 1.54) is 36.4 Å². The van der Waals surface area contributed by atoms with Crippen molar-refractivity contribution < 1.29 is 28.2 Å². The SMILES string of the molecule is O=C(O)c1cc(OCc2cccc(F)c2)ccc1OCc1cccc(F)c1. The standard InChI is InChI=1S/C21H16F2O4/c22-16-5-1-3-14(9-16)12-26-18-7-8-20(19(11-18)21(24)25)27-13-15-4-2-6-17(23)10-15/h1-11H,12-13H2,(H,24,25). The molecular weight excluding hydrogens is 354 g/mol. The van der Waals surface area contributed by atoms with Crippen molar-refractivity contribution in [1.82, 2.24) is 0 Å². The maximum absolute atomic E-state index is 13.2. The van der Waals surface area contributed by atoms with E-state index in [1.54, 1.807) is 30.3 Å². The van der Waals surface area contributed by atoms with Crippen molar-refractivity contribution in [3.8, 4) is 11.5 Å². The molecule has 0 unspecified atom stereocenters. The highest BCUT2D eigenvalue weighted by molar-refractivity contribution is 5.91. The summed E-state index contributed by atoms with van der Waals surface area (Å²) < 4.78 is 37.5.